The highest BCUT2D eigenvalue weighted by Crippen LogP contribution is 2.18. The highest BCUT2D eigenvalue weighted by Gasteiger charge is 2.15. The van der Waals surface area contributed by atoms with Crippen LogP contribution >= 0.6 is 15.9 Å². The first-order chi connectivity index (χ1) is 9.24. The quantitative estimate of drug-likeness (QED) is 0.695. The molecule has 0 bridgehead atoms. The van der Waals surface area contributed by atoms with E-state index in [1.807, 2.05) is 30.3 Å². The molecule has 0 saturated heterocycles. The van der Waals surface area contributed by atoms with Crippen molar-refractivity contribution in [2.75, 3.05) is 0 Å². The summed E-state index contributed by atoms with van der Waals surface area (Å²) in [5.74, 6) is 0.104. The number of aromatic nitrogens is 2. The maximum absolute atomic E-state index is 12.1. The Balaban J connectivity index is 1.92. The van der Waals surface area contributed by atoms with Gasteiger partial charge in [0.1, 0.15) is 0 Å². The van der Waals surface area contributed by atoms with Crippen molar-refractivity contribution < 1.29 is 9.21 Å². The molecule has 0 fully saturated rings. The summed E-state index contributed by atoms with van der Waals surface area (Å²) in [6.07, 6.45) is 3.22. The second-order valence-corrected chi connectivity index (χ2v) is 4.72. The molecule has 0 radical (unpaired) electrons. The average Bonchev–Trinajstić information content (AvgIpc) is 3.08. The Morgan fingerprint density at radius 2 is 1.95 bits per heavy atom. The number of furan rings is 1. The van der Waals surface area contributed by atoms with Crippen LogP contribution in [0.3, 0.4) is 0 Å². The van der Waals surface area contributed by atoms with Gasteiger partial charge < -0.3 is 4.42 Å². The van der Waals surface area contributed by atoms with Crippen LogP contribution in [0.25, 0.3) is 5.69 Å². The number of para-hydroxylation sites is 1. The Hall–Kier alpha value is -2.14. The molecule has 1 aromatic carbocycles. The van der Waals surface area contributed by atoms with Gasteiger partial charge in [0.2, 0.25) is 5.78 Å². The molecular formula is C14H9BrN2O2. The molecule has 0 spiro atoms. The van der Waals surface area contributed by atoms with Crippen LogP contribution < -0.4 is 0 Å². The van der Waals surface area contributed by atoms with E-state index in [1.165, 1.54) is 6.20 Å². The van der Waals surface area contributed by atoms with Crippen LogP contribution in [0, 0.1) is 0 Å². The molecule has 0 aliphatic carbocycles. The lowest BCUT2D eigenvalue weighted by atomic mass is 10.2. The van der Waals surface area contributed by atoms with Crippen molar-refractivity contribution >= 4 is 21.7 Å². The Labute approximate surface area is 117 Å². The van der Waals surface area contributed by atoms with E-state index in [4.69, 9.17) is 4.42 Å². The van der Waals surface area contributed by atoms with Crippen LogP contribution in [0.4, 0.5) is 0 Å². The van der Waals surface area contributed by atoms with Gasteiger partial charge in [-0.05, 0) is 40.2 Å². The van der Waals surface area contributed by atoms with Crippen molar-refractivity contribution in [3.8, 4) is 5.69 Å². The van der Waals surface area contributed by atoms with E-state index in [1.54, 1.807) is 23.0 Å². The van der Waals surface area contributed by atoms with Crippen LogP contribution in [0.1, 0.15) is 16.1 Å². The molecule has 0 amide bonds. The van der Waals surface area contributed by atoms with Gasteiger partial charge in [-0.2, -0.15) is 5.10 Å². The molecule has 19 heavy (non-hydrogen) atoms. The number of nitrogens with zero attached hydrogens (tertiary/aromatic N) is 2. The van der Waals surface area contributed by atoms with Gasteiger partial charge in [0.05, 0.1) is 17.4 Å². The van der Waals surface area contributed by atoms with E-state index in [0.29, 0.717) is 16.0 Å². The van der Waals surface area contributed by atoms with Crippen molar-refractivity contribution in [1.29, 1.82) is 0 Å². The Morgan fingerprint density at radius 1 is 1.16 bits per heavy atom. The fourth-order valence-corrected chi connectivity index (χ4v) is 2.05. The van der Waals surface area contributed by atoms with E-state index in [9.17, 15) is 4.79 Å². The van der Waals surface area contributed by atoms with Gasteiger partial charge in [0.25, 0.3) is 0 Å². The molecule has 0 atom stereocenters. The first kappa shape index (κ1) is 11.9. The van der Waals surface area contributed by atoms with Crippen molar-refractivity contribution in [3.05, 3.63) is 70.9 Å². The topological polar surface area (TPSA) is 48.0 Å². The lowest BCUT2D eigenvalue weighted by Gasteiger charge is -1.98. The van der Waals surface area contributed by atoms with Gasteiger partial charge in [0, 0.05) is 6.20 Å². The maximum Gasteiger partial charge on any atom is 0.231 e. The lowest BCUT2D eigenvalue weighted by molar-refractivity contribution is 0.101. The van der Waals surface area contributed by atoms with Gasteiger partial charge in [-0.25, -0.2) is 4.68 Å². The predicted octanol–water partition coefficient (Wildman–Crippen LogP) is 3.46. The second-order valence-electron chi connectivity index (χ2n) is 3.94. The lowest BCUT2D eigenvalue weighted by Crippen LogP contribution is -1.98. The highest BCUT2D eigenvalue weighted by molar-refractivity contribution is 9.10. The molecule has 2 aromatic heterocycles. The van der Waals surface area contributed by atoms with E-state index in [-0.39, 0.29) is 5.78 Å². The van der Waals surface area contributed by atoms with E-state index in [2.05, 4.69) is 21.0 Å². The summed E-state index contributed by atoms with van der Waals surface area (Å²) in [5.41, 5.74) is 1.40. The minimum Gasteiger partial charge on any atom is -0.446 e. The van der Waals surface area contributed by atoms with Gasteiger partial charge in [-0.1, -0.05) is 18.2 Å². The number of ketones is 1. The summed E-state index contributed by atoms with van der Waals surface area (Å²) >= 11 is 3.18. The molecule has 0 saturated carbocycles. The zero-order valence-corrected chi connectivity index (χ0v) is 11.4. The summed E-state index contributed by atoms with van der Waals surface area (Å²) in [5, 5.41) is 4.18. The molecule has 3 rings (SSSR count). The third-order valence-corrected chi connectivity index (χ3v) is 3.09. The van der Waals surface area contributed by atoms with Gasteiger partial charge in [0.15, 0.2) is 10.4 Å². The normalized spacial score (nSPS) is 10.6. The van der Waals surface area contributed by atoms with Crippen LogP contribution in [0.2, 0.25) is 0 Å². The molecule has 4 nitrogen and oxygen atoms in total. The number of carbonyl (C=O) groups excluding carboxylic acids is 1. The van der Waals surface area contributed by atoms with Crippen LogP contribution in [0.5, 0.6) is 0 Å². The zero-order chi connectivity index (χ0) is 13.2. The third-order valence-electron chi connectivity index (χ3n) is 2.66. The number of benzene rings is 1. The minimum atomic E-state index is -0.187. The molecule has 3 aromatic rings. The summed E-state index contributed by atoms with van der Waals surface area (Å²) in [4.78, 5) is 12.1. The summed E-state index contributed by atoms with van der Waals surface area (Å²) in [6.45, 7) is 0. The van der Waals surface area contributed by atoms with Gasteiger partial charge in [-0.15, -0.1) is 0 Å². The highest BCUT2D eigenvalue weighted by atomic mass is 79.9. The monoisotopic (exact) mass is 316 g/mol. The average molecular weight is 317 g/mol. The molecule has 0 aliphatic rings. The minimum absolute atomic E-state index is 0.187. The predicted molar refractivity (Wildman–Crippen MR) is 73.4 cm³/mol. The van der Waals surface area contributed by atoms with E-state index < -0.39 is 0 Å². The summed E-state index contributed by atoms with van der Waals surface area (Å²) < 4.78 is 7.44. The van der Waals surface area contributed by atoms with Crippen molar-refractivity contribution in [2.24, 2.45) is 0 Å². The standard InChI is InChI=1S/C14H9BrN2O2/c15-13-7-6-12(19-13)14(18)10-8-16-17(9-10)11-4-2-1-3-5-11/h1-9H. The Bertz CT molecular complexity index is 716. The number of carbonyl (C=O) groups is 1. The fraction of sp³-hybridized carbons (Fsp3) is 0. The molecular weight excluding hydrogens is 308 g/mol. The van der Waals surface area contributed by atoms with Crippen molar-refractivity contribution in [2.45, 2.75) is 0 Å². The molecule has 0 aliphatic heterocycles. The number of rotatable bonds is 3. The first-order valence-corrected chi connectivity index (χ1v) is 6.43. The second kappa shape index (κ2) is 4.85. The SMILES string of the molecule is O=C(c1cnn(-c2ccccc2)c1)c1ccc(Br)o1. The Kier molecular flexibility index (Phi) is 3.05. The largest absolute Gasteiger partial charge is 0.446 e. The van der Waals surface area contributed by atoms with Crippen LogP contribution in [0.15, 0.2) is 63.9 Å². The summed E-state index contributed by atoms with van der Waals surface area (Å²) in [6, 6.07) is 12.9. The maximum atomic E-state index is 12.1. The smallest absolute Gasteiger partial charge is 0.231 e. The molecule has 5 heteroatoms. The zero-order valence-electron chi connectivity index (χ0n) is 9.79. The van der Waals surface area contributed by atoms with Crippen LogP contribution in [-0.2, 0) is 0 Å². The first-order valence-electron chi connectivity index (χ1n) is 5.64. The Morgan fingerprint density at radius 3 is 2.63 bits per heavy atom. The number of halogens is 1. The molecule has 2 heterocycles. The van der Waals surface area contributed by atoms with Crippen molar-refractivity contribution in [3.63, 3.8) is 0 Å². The third kappa shape index (κ3) is 2.37. The number of hydrogen-bond acceptors (Lipinski definition) is 3. The van der Waals surface area contributed by atoms with E-state index in [0.717, 1.165) is 5.69 Å². The number of hydrogen-bond donors (Lipinski definition) is 0. The molecule has 0 unspecified atom stereocenters. The van der Waals surface area contributed by atoms with E-state index >= 15 is 0 Å². The summed E-state index contributed by atoms with van der Waals surface area (Å²) in [7, 11) is 0. The molecule has 0 N–H and O–H groups in total. The van der Waals surface area contributed by atoms with Crippen LogP contribution in [-0.4, -0.2) is 15.6 Å². The molecule has 94 valence electrons. The fourth-order valence-electron chi connectivity index (χ4n) is 1.74. The van der Waals surface area contributed by atoms with Gasteiger partial charge >= 0.3 is 0 Å². The van der Waals surface area contributed by atoms with Crippen molar-refractivity contribution in [1.82, 2.24) is 9.78 Å². The van der Waals surface area contributed by atoms with Gasteiger partial charge in [-0.3, -0.25) is 4.79 Å².